The van der Waals surface area contributed by atoms with Crippen molar-refractivity contribution in [1.82, 2.24) is 15.5 Å². The molecule has 0 aliphatic carbocycles. The number of likely N-dealkylation sites (tertiary alicyclic amines) is 1. The molecule has 1 aromatic rings. The number of hydrogen-bond acceptors (Lipinski definition) is 3. The first kappa shape index (κ1) is 16.3. The molecule has 1 aliphatic rings. The number of carbonyl (C=O) groups excluding carboxylic acids is 1. The van der Waals surface area contributed by atoms with Crippen molar-refractivity contribution in [3.63, 3.8) is 0 Å². The molecule has 1 heterocycles. The number of nitrogens with one attached hydrogen (secondary N) is 2. The second-order valence-corrected chi connectivity index (χ2v) is 6.31. The fourth-order valence-electron chi connectivity index (χ4n) is 2.96. The molecule has 0 radical (unpaired) electrons. The Hall–Kier alpha value is -1.10. The van der Waals surface area contributed by atoms with Gasteiger partial charge in [-0.1, -0.05) is 43.6 Å². The molecule has 1 aromatic carbocycles. The number of nitrogens with zero attached hydrogens (tertiary/aromatic N) is 1. The normalized spacial score (nSPS) is 22.7. The summed E-state index contributed by atoms with van der Waals surface area (Å²) in [6.07, 6.45) is 0.836. The van der Waals surface area contributed by atoms with Crippen LogP contribution in [0.15, 0.2) is 24.3 Å². The summed E-state index contributed by atoms with van der Waals surface area (Å²) in [5, 5.41) is 7.05. The van der Waals surface area contributed by atoms with E-state index in [4.69, 9.17) is 11.6 Å². The SMILES string of the molecule is CNC(=O)[C@@H]1C[C@@H](NC(C)C)CN1Cc1ccccc1Cl. The van der Waals surface area contributed by atoms with Crippen molar-refractivity contribution in [2.45, 2.75) is 44.9 Å². The van der Waals surface area contributed by atoms with Crippen LogP contribution in [0.1, 0.15) is 25.8 Å². The van der Waals surface area contributed by atoms with Crippen molar-refractivity contribution in [2.24, 2.45) is 0 Å². The van der Waals surface area contributed by atoms with Gasteiger partial charge in [-0.15, -0.1) is 0 Å². The molecule has 5 heteroatoms. The summed E-state index contributed by atoms with van der Waals surface area (Å²) in [7, 11) is 1.69. The smallest absolute Gasteiger partial charge is 0.237 e. The van der Waals surface area contributed by atoms with Crippen LogP contribution in [0.2, 0.25) is 5.02 Å². The van der Waals surface area contributed by atoms with Gasteiger partial charge in [0.25, 0.3) is 0 Å². The standard InChI is InChI=1S/C16H24ClN3O/c1-11(2)19-13-8-15(16(21)18-3)20(10-13)9-12-6-4-5-7-14(12)17/h4-7,11,13,15,19H,8-10H2,1-3H3,(H,18,21)/t13-,15+/m1/s1. The quantitative estimate of drug-likeness (QED) is 0.875. The molecule has 1 amide bonds. The first-order valence-corrected chi connectivity index (χ1v) is 7.84. The van der Waals surface area contributed by atoms with E-state index in [1.165, 1.54) is 0 Å². The van der Waals surface area contributed by atoms with E-state index in [0.717, 1.165) is 23.6 Å². The highest BCUT2D eigenvalue weighted by Crippen LogP contribution is 2.24. The highest BCUT2D eigenvalue weighted by Gasteiger charge is 2.36. The lowest BCUT2D eigenvalue weighted by atomic mass is 10.1. The molecular formula is C16H24ClN3O. The summed E-state index contributed by atoms with van der Waals surface area (Å²) in [5.74, 6) is 0.0788. The zero-order chi connectivity index (χ0) is 15.4. The molecule has 116 valence electrons. The predicted molar refractivity (Wildman–Crippen MR) is 86.4 cm³/mol. The van der Waals surface area contributed by atoms with E-state index in [1.54, 1.807) is 7.05 Å². The van der Waals surface area contributed by atoms with Gasteiger partial charge >= 0.3 is 0 Å². The molecule has 0 aromatic heterocycles. The minimum Gasteiger partial charge on any atom is -0.358 e. The first-order chi connectivity index (χ1) is 10.0. The van der Waals surface area contributed by atoms with Gasteiger partial charge < -0.3 is 10.6 Å². The lowest BCUT2D eigenvalue weighted by molar-refractivity contribution is -0.125. The van der Waals surface area contributed by atoms with Crippen LogP contribution < -0.4 is 10.6 Å². The largest absolute Gasteiger partial charge is 0.358 e. The molecule has 2 atom stereocenters. The molecule has 0 saturated carbocycles. The van der Waals surface area contributed by atoms with Gasteiger partial charge in [0, 0.05) is 37.2 Å². The van der Waals surface area contributed by atoms with Gasteiger partial charge in [0.05, 0.1) is 6.04 Å². The summed E-state index contributed by atoms with van der Waals surface area (Å²) in [6, 6.07) is 8.49. The fraction of sp³-hybridized carbons (Fsp3) is 0.562. The summed E-state index contributed by atoms with van der Waals surface area (Å²) in [4.78, 5) is 14.3. The number of amides is 1. The van der Waals surface area contributed by atoms with Crippen molar-refractivity contribution < 1.29 is 4.79 Å². The molecule has 0 bridgehead atoms. The average molecular weight is 310 g/mol. The van der Waals surface area contributed by atoms with Crippen molar-refractivity contribution in [3.8, 4) is 0 Å². The highest BCUT2D eigenvalue weighted by molar-refractivity contribution is 6.31. The summed E-state index contributed by atoms with van der Waals surface area (Å²) < 4.78 is 0. The Morgan fingerprint density at radius 2 is 2.14 bits per heavy atom. The number of likely N-dealkylation sites (N-methyl/N-ethyl adjacent to an activating group) is 1. The third-order valence-electron chi connectivity index (χ3n) is 3.85. The molecule has 1 aliphatic heterocycles. The maximum atomic E-state index is 12.1. The van der Waals surface area contributed by atoms with Gasteiger partial charge in [0.15, 0.2) is 0 Å². The maximum Gasteiger partial charge on any atom is 0.237 e. The van der Waals surface area contributed by atoms with Crippen molar-refractivity contribution in [2.75, 3.05) is 13.6 Å². The van der Waals surface area contributed by atoms with Gasteiger partial charge in [0.2, 0.25) is 5.91 Å². The van der Waals surface area contributed by atoms with Gasteiger partial charge in [-0.3, -0.25) is 9.69 Å². The van der Waals surface area contributed by atoms with Gasteiger partial charge in [-0.2, -0.15) is 0 Å². The van der Waals surface area contributed by atoms with E-state index in [1.807, 2.05) is 24.3 Å². The van der Waals surface area contributed by atoms with E-state index >= 15 is 0 Å². The maximum absolute atomic E-state index is 12.1. The Balaban J connectivity index is 2.11. The molecule has 2 N–H and O–H groups in total. The molecular weight excluding hydrogens is 286 g/mol. The monoisotopic (exact) mass is 309 g/mol. The second kappa shape index (κ2) is 7.25. The zero-order valence-corrected chi connectivity index (χ0v) is 13.7. The van der Waals surface area contributed by atoms with Gasteiger partial charge in [-0.05, 0) is 18.1 Å². The van der Waals surface area contributed by atoms with Crippen LogP contribution in [0.4, 0.5) is 0 Å². The molecule has 4 nitrogen and oxygen atoms in total. The lowest BCUT2D eigenvalue weighted by Gasteiger charge is -2.23. The van der Waals surface area contributed by atoms with Crippen LogP contribution in [-0.2, 0) is 11.3 Å². The molecule has 1 fully saturated rings. The van der Waals surface area contributed by atoms with E-state index in [0.29, 0.717) is 18.6 Å². The van der Waals surface area contributed by atoms with Crippen molar-refractivity contribution >= 4 is 17.5 Å². The minimum absolute atomic E-state index is 0.0788. The predicted octanol–water partition coefficient (Wildman–Crippen LogP) is 2.03. The van der Waals surface area contributed by atoms with Crippen LogP contribution in [0.25, 0.3) is 0 Å². The Bertz CT molecular complexity index is 492. The number of halogens is 1. The average Bonchev–Trinajstić information content (AvgIpc) is 2.82. The Morgan fingerprint density at radius 3 is 2.76 bits per heavy atom. The Kier molecular flexibility index (Phi) is 5.62. The lowest BCUT2D eigenvalue weighted by Crippen LogP contribution is -2.41. The third-order valence-corrected chi connectivity index (χ3v) is 4.22. The Morgan fingerprint density at radius 1 is 1.43 bits per heavy atom. The Labute approximate surface area is 131 Å². The van der Waals surface area contributed by atoms with Crippen LogP contribution >= 0.6 is 11.6 Å². The molecule has 1 saturated heterocycles. The summed E-state index contributed by atoms with van der Waals surface area (Å²) >= 11 is 6.24. The summed E-state index contributed by atoms with van der Waals surface area (Å²) in [5.41, 5.74) is 1.07. The highest BCUT2D eigenvalue weighted by atomic mass is 35.5. The van der Waals surface area contributed by atoms with Crippen LogP contribution in [0, 0.1) is 0 Å². The van der Waals surface area contributed by atoms with E-state index in [-0.39, 0.29) is 11.9 Å². The molecule has 2 rings (SSSR count). The fourth-order valence-corrected chi connectivity index (χ4v) is 3.15. The topological polar surface area (TPSA) is 44.4 Å². The number of carbonyl (C=O) groups is 1. The van der Waals surface area contributed by atoms with E-state index < -0.39 is 0 Å². The number of benzene rings is 1. The van der Waals surface area contributed by atoms with Crippen LogP contribution in [0.3, 0.4) is 0 Å². The minimum atomic E-state index is -0.0949. The van der Waals surface area contributed by atoms with Gasteiger partial charge in [0.1, 0.15) is 0 Å². The molecule has 21 heavy (non-hydrogen) atoms. The zero-order valence-electron chi connectivity index (χ0n) is 12.9. The second-order valence-electron chi connectivity index (χ2n) is 5.90. The molecule has 0 unspecified atom stereocenters. The van der Waals surface area contributed by atoms with Crippen LogP contribution in [-0.4, -0.2) is 42.5 Å². The van der Waals surface area contributed by atoms with Crippen LogP contribution in [0.5, 0.6) is 0 Å². The summed E-state index contributed by atoms with van der Waals surface area (Å²) in [6.45, 7) is 5.83. The van der Waals surface area contributed by atoms with Crippen molar-refractivity contribution in [3.05, 3.63) is 34.9 Å². The van der Waals surface area contributed by atoms with E-state index in [2.05, 4.69) is 29.4 Å². The van der Waals surface area contributed by atoms with Gasteiger partial charge in [-0.25, -0.2) is 0 Å². The van der Waals surface area contributed by atoms with Crippen molar-refractivity contribution in [1.29, 1.82) is 0 Å². The molecule has 0 spiro atoms. The first-order valence-electron chi connectivity index (χ1n) is 7.46. The third kappa shape index (κ3) is 4.19. The van der Waals surface area contributed by atoms with E-state index in [9.17, 15) is 4.79 Å². The number of rotatable bonds is 5. The number of hydrogen-bond donors (Lipinski definition) is 2.